The lowest BCUT2D eigenvalue weighted by Gasteiger charge is -2.31. The maximum Gasteiger partial charge on any atom is 0.340 e. The molecule has 1 unspecified atom stereocenters. The average Bonchev–Trinajstić information content (AvgIpc) is 2.42. The Balaban J connectivity index is 2.19. The second-order valence-corrected chi connectivity index (χ2v) is 5.49. The predicted molar refractivity (Wildman–Crippen MR) is 81.1 cm³/mol. The van der Waals surface area contributed by atoms with Crippen molar-refractivity contribution in [3.8, 4) is 0 Å². The van der Waals surface area contributed by atoms with E-state index >= 15 is 0 Å². The number of rotatable bonds is 3. The number of likely N-dealkylation sites (N-methyl/N-ethyl adjacent to an activating group) is 1. The number of methoxy groups -OCH3 is 1. The zero-order valence-electron chi connectivity index (χ0n) is 12.4. The van der Waals surface area contributed by atoms with Gasteiger partial charge in [0.05, 0.1) is 12.7 Å². The number of nitrogens with zero attached hydrogens (tertiary/aromatic N) is 1. The van der Waals surface area contributed by atoms with E-state index in [1.807, 2.05) is 13.0 Å². The molecule has 1 aliphatic rings. The van der Waals surface area contributed by atoms with Crippen molar-refractivity contribution in [2.75, 3.05) is 38.3 Å². The van der Waals surface area contributed by atoms with Crippen molar-refractivity contribution in [1.82, 2.24) is 4.90 Å². The van der Waals surface area contributed by atoms with Gasteiger partial charge in [0.15, 0.2) is 0 Å². The summed E-state index contributed by atoms with van der Waals surface area (Å²) in [6, 6.07) is 4.17. The Hall–Kier alpha value is -1.75. The molecule has 1 atom stereocenters. The second-order valence-electron chi connectivity index (χ2n) is 5.49. The molecule has 3 N–H and O–H groups in total. The molecule has 0 aromatic heterocycles. The Bertz CT molecular complexity index is 502. The number of hydrogen-bond acceptors (Lipinski definition) is 5. The molecule has 2 rings (SSSR count). The maximum absolute atomic E-state index is 11.7. The highest BCUT2D eigenvalue weighted by molar-refractivity contribution is 5.97. The van der Waals surface area contributed by atoms with Crippen molar-refractivity contribution < 1.29 is 9.53 Å². The van der Waals surface area contributed by atoms with Crippen LogP contribution in [0.5, 0.6) is 0 Å². The summed E-state index contributed by atoms with van der Waals surface area (Å²) in [4.78, 5) is 14.1. The SMILES string of the molecule is COC(=O)c1cc(NC2CCCN(C)C2)cc(C)c1N. The highest BCUT2D eigenvalue weighted by Crippen LogP contribution is 2.25. The number of anilines is 2. The van der Waals surface area contributed by atoms with Crippen molar-refractivity contribution in [1.29, 1.82) is 0 Å². The van der Waals surface area contributed by atoms with Crippen LogP contribution in [-0.2, 0) is 4.74 Å². The lowest BCUT2D eigenvalue weighted by atomic mass is 10.0. The van der Waals surface area contributed by atoms with Crippen LogP contribution in [0.4, 0.5) is 11.4 Å². The van der Waals surface area contributed by atoms with E-state index in [4.69, 9.17) is 10.5 Å². The van der Waals surface area contributed by atoms with Gasteiger partial charge in [0.2, 0.25) is 0 Å². The van der Waals surface area contributed by atoms with Crippen molar-refractivity contribution in [2.45, 2.75) is 25.8 Å². The summed E-state index contributed by atoms with van der Waals surface area (Å²) in [5, 5.41) is 3.49. The number of benzene rings is 1. The van der Waals surface area contributed by atoms with Crippen molar-refractivity contribution in [3.05, 3.63) is 23.3 Å². The van der Waals surface area contributed by atoms with Gasteiger partial charge in [-0.3, -0.25) is 0 Å². The number of ether oxygens (including phenoxy) is 1. The number of hydrogen-bond donors (Lipinski definition) is 2. The third kappa shape index (κ3) is 3.22. The number of piperidine rings is 1. The number of nitrogens with one attached hydrogen (secondary N) is 1. The zero-order chi connectivity index (χ0) is 14.7. The minimum Gasteiger partial charge on any atom is -0.465 e. The number of nitrogen functional groups attached to an aromatic ring is 1. The van der Waals surface area contributed by atoms with Crippen LogP contribution in [0.25, 0.3) is 0 Å². The molecular formula is C15H23N3O2. The average molecular weight is 277 g/mol. The molecule has 0 bridgehead atoms. The largest absolute Gasteiger partial charge is 0.465 e. The van der Waals surface area contributed by atoms with Gasteiger partial charge in [0, 0.05) is 24.0 Å². The van der Waals surface area contributed by atoms with Crippen LogP contribution >= 0.6 is 0 Å². The zero-order valence-corrected chi connectivity index (χ0v) is 12.4. The summed E-state index contributed by atoms with van der Waals surface area (Å²) in [7, 11) is 3.50. The molecule has 1 aliphatic heterocycles. The van der Waals surface area contributed by atoms with E-state index in [-0.39, 0.29) is 0 Å². The molecule has 0 saturated carbocycles. The van der Waals surface area contributed by atoms with Gasteiger partial charge in [0.1, 0.15) is 0 Å². The molecule has 1 heterocycles. The van der Waals surface area contributed by atoms with Gasteiger partial charge in [-0.05, 0) is 51.1 Å². The van der Waals surface area contributed by atoms with E-state index in [1.54, 1.807) is 6.07 Å². The minimum atomic E-state index is -0.394. The minimum absolute atomic E-state index is 0.394. The summed E-state index contributed by atoms with van der Waals surface area (Å²) < 4.78 is 4.78. The number of carbonyl (C=O) groups is 1. The molecule has 1 fully saturated rings. The quantitative estimate of drug-likeness (QED) is 0.652. The van der Waals surface area contributed by atoms with Crippen LogP contribution in [0.3, 0.4) is 0 Å². The molecule has 1 aromatic carbocycles. The molecule has 0 spiro atoms. The molecule has 1 saturated heterocycles. The van der Waals surface area contributed by atoms with Gasteiger partial charge in [-0.25, -0.2) is 4.79 Å². The lowest BCUT2D eigenvalue weighted by molar-refractivity contribution is 0.0602. The van der Waals surface area contributed by atoms with Gasteiger partial charge in [-0.15, -0.1) is 0 Å². The first-order valence-corrected chi connectivity index (χ1v) is 6.94. The topological polar surface area (TPSA) is 67.6 Å². The van der Waals surface area contributed by atoms with Gasteiger partial charge in [-0.2, -0.15) is 0 Å². The predicted octanol–water partition coefficient (Wildman–Crippen LogP) is 1.87. The fourth-order valence-electron chi connectivity index (χ4n) is 2.68. The summed E-state index contributed by atoms with van der Waals surface area (Å²) in [6.45, 7) is 4.06. The lowest BCUT2D eigenvalue weighted by Crippen LogP contribution is -2.39. The van der Waals surface area contributed by atoms with Gasteiger partial charge < -0.3 is 20.7 Å². The third-order valence-electron chi connectivity index (χ3n) is 3.79. The number of nitrogens with two attached hydrogens (primary N) is 1. The normalized spacial score (nSPS) is 19.6. The van der Waals surface area contributed by atoms with Crippen LogP contribution in [0.2, 0.25) is 0 Å². The monoisotopic (exact) mass is 277 g/mol. The van der Waals surface area contributed by atoms with Crippen molar-refractivity contribution >= 4 is 17.3 Å². The van der Waals surface area contributed by atoms with Crippen LogP contribution < -0.4 is 11.1 Å². The Morgan fingerprint density at radius 1 is 1.50 bits per heavy atom. The first kappa shape index (κ1) is 14.7. The van der Waals surface area contributed by atoms with Crippen LogP contribution in [0, 0.1) is 6.92 Å². The Labute approximate surface area is 120 Å². The summed E-state index contributed by atoms with van der Waals surface area (Å²) in [5.74, 6) is -0.394. The molecule has 110 valence electrons. The van der Waals surface area contributed by atoms with E-state index in [9.17, 15) is 4.79 Å². The van der Waals surface area contributed by atoms with Crippen LogP contribution in [-0.4, -0.2) is 44.2 Å². The van der Waals surface area contributed by atoms with E-state index in [0.29, 0.717) is 17.3 Å². The molecule has 20 heavy (non-hydrogen) atoms. The van der Waals surface area contributed by atoms with E-state index in [2.05, 4.69) is 17.3 Å². The summed E-state index contributed by atoms with van der Waals surface area (Å²) in [6.07, 6.45) is 2.33. The summed E-state index contributed by atoms with van der Waals surface area (Å²) >= 11 is 0. The van der Waals surface area contributed by atoms with E-state index in [1.165, 1.54) is 13.5 Å². The van der Waals surface area contributed by atoms with Gasteiger partial charge in [0.25, 0.3) is 0 Å². The highest BCUT2D eigenvalue weighted by Gasteiger charge is 2.19. The Kier molecular flexibility index (Phi) is 4.49. The van der Waals surface area contributed by atoms with Crippen LogP contribution in [0.15, 0.2) is 12.1 Å². The third-order valence-corrected chi connectivity index (χ3v) is 3.79. The van der Waals surface area contributed by atoms with E-state index in [0.717, 1.165) is 30.8 Å². The van der Waals surface area contributed by atoms with Crippen molar-refractivity contribution in [3.63, 3.8) is 0 Å². The maximum atomic E-state index is 11.7. The summed E-state index contributed by atoms with van der Waals surface area (Å²) in [5.41, 5.74) is 8.68. The number of likely N-dealkylation sites (tertiary alicyclic amines) is 1. The molecule has 0 amide bonds. The standard InChI is InChI=1S/C15H23N3O2/c1-10-7-12(8-13(14(10)16)15(19)20-3)17-11-5-4-6-18(2)9-11/h7-8,11,17H,4-6,9,16H2,1-3H3. The fourth-order valence-corrected chi connectivity index (χ4v) is 2.68. The van der Waals surface area contributed by atoms with Gasteiger partial charge in [-0.1, -0.05) is 0 Å². The molecule has 0 aliphatic carbocycles. The fraction of sp³-hybridized carbons (Fsp3) is 0.533. The van der Waals surface area contributed by atoms with E-state index < -0.39 is 5.97 Å². The molecule has 5 nitrogen and oxygen atoms in total. The number of aryl methyl sites for hydroxylation is 1. The second kappa shape index (κ2) is 6.13. The van der Waals surface area contributed by atoms with Crippen molar-refractivity contribution in [2.24, 2.45) is 0 Å². The molecule has 5 heteroatoms. The number of carbonyl (C=O) groups excluding carboxylic acids is 1. The number of esters is 1. The van der Waals surface area contributed by atoms with Crippen LogP contribution in [0.1, 0.15) is 28.8 Å². The smallest absolute Gasteiger partial charge is 0.340 e. The first-order valence-electron chi connectivity index (χ1n) is 6.94. The molecule has 0 radical (unpaired) electrons. The Morgan fingerprint density at radius 3 is 2.90 bits per heavy atom. The molecular weight excluding hydrogens is 254 g/mol. The highest BCUT2D eigenvalue weighted by atomic mass is 16.5. The first-order chi connectivity index (χ1) is 9.51. The van der Waals surface area contributed by atoms with Gasteiger partial charge >= 0.3 is 5.97 Å². The molecule has 1 aromatic rings. The Morgan fingerprint density at radius 2 is 2.25 bits per heavy atom.